The first-order valence-corrected chi connectivity index (χ1v) is 9.24. The Morgan fingerprint density at radius 2 is 1.96 bits per heavy atom. The summed E-state index contributed by atoms with van der Waals surface area (Å²) in [4.78, 5) is 16.5. The van der Waals surface area contributed by atoms with Gasteiger partial charge in [-0.1, -0.05) is 6.92 Å². The molecule has 0 amide bonds. The van der Waals surface area contributed by atoms with Crippen molar-refractivity contribution in [1.29, 1.82) is 0 Å². The van der Waals surface area contributed by atoms with Crippen molar-refractivity contribution in [3.8, 4) is 22.6 Å². The van der Waals surface area contributed by atoms with Gasteiger partial charge >= 0.3 is 0 Å². The van der Waals surface area contributed by atoms with Gasteiger partial charge in [0.1, 0.15) is 5.69 Å². The Bertz CT molecular complexity index is 1240. The van der Waals surface area contributed by atoms with Crippen LogP contribution in [0.4, 0.5) is 0 Å². The van der Waals surface area contributed by atoms with E-state index in [0.29, 0.717) is 0 Å². The van der Waals surface area contributed by atoms with Gasteiger partial charge in [0.05, 0.1) is 34.8 Å². The summed E-state index contributed by atoms with van der Waals surface area (Å²) in [7, 11) is 0. The topological polar surface area (TPSA) is 95.2 Å². The normalized spacial score (nSPS) is 11.5. The second kappa shape index (κ2) is 6.86. The molecule has 0 atom stereocenters. The van der Waals surface area contributed by atoms with Crippen molar-refractivity contribution in [1.82, 2.24) is 35.5 Å². The van der Waals surface area contributed by atoms with Crippen molar-refractivity contribution >= 4 is 21.8 Å². The predicted molar refractivity (Wildman–Crippen MR) is 110 cm³/mol. The van der Waals surface area contributed by atoms with Crippen LogP contribution in [0.15, 0.2) is 55.2 Å². The van der Waals surface area contributed by atoms with E-state index in [0.717, 1.165) is 63.1 Å². The van der Waals surface area contributed by atoms with E-state index in [1.165, 1.54) is 0 Å². The van der Waals surface area contributed by atoms with Crippen molar-refractivity contribution in [2.45, 2.75) is 13.5 Å². The van der Waals surface area contributed by atoms with Crippen LogP contribution in [0, 0.1) is 0 Å². The summed E-state index contributed by atoms with van der Waals surface area (Å²) in [5.41, 5.74) is 6.70. The van der Waals surface area contributed by atoms with Crippen molar-refractivity contribution < 1.29 is 0 Å². The molecule has 7 nitrogen and oxygen atoms in total. The molecule has 5 aromatic heterocycles. The van der Waals surface area contributed by atoms with Gasteiger partial charge in [-0.25, -0.2) is 0 Å². The highest BCUT2D eigenvalue weighted by molar-refractivity contribution is 5.96. The number of nitrogens with one attached hydrogen (secondary N) is 3. The number of aromatic amines is 2. The number of nitrogens with zero attached hydrogens (tertiary/aromatic N) is 4. The average Bonchev–Trinajstić information content (AvgIpc) is 3.35. The fraction of sp³-hybridized carbons (Fsp3) is 0.143. The van der Waals surface area contributed by atoms with Crippen LogP contribution >= 0.6 is 0 Å². The monoisotopic (exact) mass is 369 g/mol. The molecule has 0 radical (unpaired) electrons. The van der Waals surface area contributed by atoms with Crippen LogP contribution in [0.3, 0.4) is 0 Å². The molecule has 0 aromatic carbocycles. The van der Waals surface area contributed by atoms with Gasteiger partial charge in [0.15, 0.2) is 0 Å². The Labute approximate surface area is 161 Å². The van der Waals surface area contributed by atoms with E-state index in [4.69, 9.17) is 0 Å². The Kier molecular flexibility index (Phi) is 4.06. The average molecular weight is 369 g/mol. The van der Waals surface area contributed by atoms with E-state index < -0.39 is 0 Å². The zero-order chi connectivity index (χ0) is 18.9. The van der Waals surface area contributed by atoms with Crippen LogP contribution in [0.1, 0.15) is 12.5 Å². The minimum atomic E-state index is 0.791. The largest absolute Gasteiger partial charge is 0.352 e. The first-order valence-electron chi connectivity index (χ1n) is 9.24. The van der Waals surface area contributed by atoms with Gasteiger partial charge in [-0.15, -0.1) is 0 Å². The van der Waals surface area contributed by atoms with Crippen LogP contribution in [0.5, 0.6) is 0 Å². The first kappa shape index (κ1) is 16.6. The highest BCUT2D eigenvalue weighted by Crippen LogP contribution is 2.30. The lowest BCUT2D eigenvalue weighted by Gasteiger charge is -2.05. The molecule has 0 fully saturated rings. The van der Waals surface area contributed by atoms with E-state index in [9.17, 15) is 0 Å². The van der Waals surface area contributed by atoms with Crippen LogP contribution in [-0.2, 0) is 6.54 Å². The van der Waals surface area contributed by atoms with Gasteiger partial charge in [-0.3, -0.25) is 20.1 Å². The zero-order valence-corrected chi connectivity index (χ0v) is 15.4. The number of fused-ring (bicyclic) bond motifs is 2. The molecule has 0 saturated carbocycles. The summed E-state index contributed by atoms with van der Waals surface area (Å²) in [5.74, 6) is 0. The van der Waals surface area contributed by atoms with Gasteiger partial charge < -0.3 is 10.3 Å². The third kappa shape index (κ3) is 2.91. The van der Waals surface area contributed by atoms with Crippen molar-refractivity contribution in [2.24, 2.45) is 0 Å². The van der Waals surface area contributed by atoms with Crippen molar-refractivity contribution in [3.63, 3.8) is 0 Å². The van der Waals surface area contributed by atoms with Crippen LogP contribution in [0.25, 0.3) is 44.5 Å². The summed E-state index contributed by atoms with van der Waals surface area (Å²) in [6.45, 7) is 3.81. The molecular formula is C21H19N7. The summed E-state index contributed by atoms with van der Waals surface area (Å²) >= 11 is 0. The first-order chi connectivity index (χ1) is 13.8. The molecule has 0 bridgehead atoms. The van der Waals surface area contributed by atoms with Gasteiger partial charge in [0.2, 0.25) is 0 Å². The molecule has 28 heavy (non-hydrogen) atoms. The molecule has 0 aliphatic rings. The van der Waals surface area contributed by atoms with E-state index >= 15 is 0 Å². The Morgan fingerprint density at radius 3 is 2.86 bits per heavy atom. The molecule has 3 N–H and O–H groups in total. The molecule has 138 valence electrons. The fourth-order valence-corrected chi connectivity index (χ4v) is 3.37. The number of pyridine rings is 3. The quantitative estimate of drug-likeness (QED) is 0.439. The van der Waals surface area contributed by atoms with E-state index in [1.807, 2.05) is 30.9 Å². The molecule has 0 aliphatic heterocycles. The smallest absolute Gasteiger partial charge is 0.116 e. The highest BCUT2D eigenvalue weighted by atomic mass is 15.1. The molecule has 0 spiro atoms. The number of aromatic nitrogens is 6. The molecule has 5 heterocycles. The molecule has 0 unspecified atom stereocenters. The van der Waals surface area contributed by atoms with Crippen LogP contribution in [0.2, 0.25) is 0 Å². The Balaban J connectivity index is 1.58. The molecule has 5 rings (SSSR count). The minimum absolute atomic E-state index is 0.791. The third-order valence-electron chi connectivity index (χ3n) is 4.80. The van der Waals surface area contributed by atoms with Gasteiger partial charge in [0.25, 0.3) is 0 Å². The summed E-state index contributed by atoms with van der Waals surface area (Å²) in [5, 5.41) is 13.0. The van der Waals surface area contributed by atoms with Crippen molar-refractivity contribution in [2.75, 3.05) is 6.54 Å². The summed E-state index contributed by atoms with van der Waals surface area (Å²) in [6.07, 6.45) is 9.16. The van der Waals surface area contributed by atoms with Gasteiger partial charge in [-0.2, -0.15) is 5.10 Å². The number of H-pyrrole nitrogens is 2. The third-order valence-corrected chi connectivity index (χ3v) is 4.80. The van der Waals surface area contributed by atoms with Gasteiger partial charge in [-0.05, 0) is 36.4 Å². The highest BCUT2D eigenvalue weighted by Gasteiger charge is 2.13. The molecule has 5 aromatic rings. The molecule has 7 heteroatoms. The minimum Gasteiger partial charge on any atom is -0.352 e. The summed E-state index contributed by atoms with van der Waals surface area (Å²) in [6, 6.07) is 8.26. The van der Waals surface area contributed by atoms with E-state index in [2.05, 4.69) is 60.6 Å². The Hall–Kier alpha value is -3.58. The van der Waals surface area contributed by atoms with E-state index in [-0.39, 0.29) is 0 Å². The maximum Gasteiger partial charge on any atom is 0.116 e. The van der Waals surface area contributed by atoms with Gasteiger partial charge in [0, 0.05) is 41.5 Å². The maximum atomic E-state index is 4.60. The lowest BCUT2D eigenvalue weighted by atomic mass is 10.1. The number of hydrogen-bond acceptors (Lipinski definition) is 5. The number of rotatable bonds is 5. The lowest BCUT2D eigenvalue weighted by Crippen LogP contribution is -2.11. The molecule has 0 aliphatic carbocycles. The Morgan fingerprint density at radius 1 is 1.00 bits per heavy atom. The SMILES string of the molecule is CCNCc1cncc(-c2cc3c(-c4cc5ccncc5[nH]4)n[nH]c3cn2)c1. The lowest BCUT2D eigenvalue weighted by molar-refractivity contribution is 0.724. The summed E-state index contributed by atoms with van der Waals surface area (Å²) < 4.78 is 0. The predicted octanol–water partition coefficient (Wildman–Crippen LogP) is 3.67. The van der Waals surface area contributed by atoms with Crippen LogP contribution in [-0.4, -0.2) is 36.7 Å². The molecular weight excluding hydrogens is 350 g/mol. The standard InChI is InChI=1S/C21H19N7/c1-2-22-8-13-5-15(10-24-9-13)17-7-16-20(12-25-17)27-28-21(16)18-6-14-3-4-23-11-19(14)26-18/h3-7,9-12,22,26H,2,8H2,1H3,(H,27,28). The second-order valence-electron chi connectivity index (χ2n) is 6.70. The molecule has 0 saturated heterocycles. The second-order valence-corrected chi connectivity index (χ2v) is 6.70. The van der Waals surface area contributed by atoms with Crippen molar-refractivity contribution in [3.05, 3.63) is 60.8 Å². The number of hydrogen-bond donors (Lipinski definition) is 3. The zero-order valence-electron chi connectivity index (χ0n) is 15.4. The van der Waals surface area contributed by atoms with Crippen LogP contribution < -0.4 is 5.32 Å². The fourth-order valence-electron chi connectivity index (χ4n) is 3.37. The maximum absolute atomic E-state index is 4.60. The van der Waals surface area contributed by atoms with E-state index in [1.54, 1.807) is 6.20 Å².